The van der Waals surface area contributed by atoms with Crippen LogP contribution in [0.2, 0.25) is 5.02 Å². The first-order chi connectivity index (χ1) is 9.06. The van der Waals surface area contributed by atoms with Gasteiger partial charge in [-0.3, -0.25) is 14.4 Å². The topological polar surface area (TPSA) is 72.9 Å². The lowest BCUT2D eigenvalue weighted by Gasteiger charge is -2.12. The van der Waals surface area contributed by atoms with E-state index in [4.69, 9.17) is 16.3 Å². The van der Waals surface area contributed by atoms with E-state index in [9.17, 15) is 14.4 Å². The SMILES string of the molecule is O=C(OCc1ccc(Cl)cc1)ON1C(=O)CCC1=O. The molecule has 1 aromatic rings. The smallest absolute Gasteiger partial charge is 0.428 e. The molecule has 6 nitrogen and oxygen atoms in total. The highest BCUT2D eigenvalue weighted by Gasteiger charge is 2.33. The van der Waals surface area contributed by atoms with Crippen molar-refractivity contribution in [2.45, 2.75) is 19.4 Å². The van der Waals surface area contributed by atoms with E-state index in [1.165, 1.54) is 0 Å². The van der Waals surface area contributed by atoms with E-state index in [1.54, 1.807) is 24.3 Å². The molecular formula is C12H10ClNO5. The van der Waals surface area contributed by atoms with Crippen LogP contribution in [0.25, 0.3) is 0 Å². The van der Waals surface area contributed by atoms with Crippen LogP contribution >= 0.6 is 11.6 Å². The summed E-state index contributed by atoms with van der Waals surface area (Å²) in [6.45, 7) is -0.0355. The molecule has 1 aromatic carbocycles. The molecule has 1 heterocycles. The molecule has 2 amide bonds. The second-order valence-electron chi connectivity index (χ2n) is 3.84. The van der Waals surface area contributed by atoms with Gasteiger partial charge in [0.1, 0.15) is 6.61 Å². The predicted octanol–water partition coefficient (Wildman–Crippen LogP) is 2.06. The van der Waals surface area contributed by atoms with E-state index in [1.807, 2.05) is 0 Å². The Morgan fingerprint density at radius 3 is 2.32 bits per heavy atom. The Hall–Kier alpha value is -2.08. The molecule has 100 valence electrons. The number of benzene rings is 1. The number of hydrogen-bond acceptors (Lipinski definition) is 5. The van der Waals surface area contributed by atoms with Crippen molar-refractivity contribution < 1.29 is 24.0 Å². The third-order valence-corrected chi connectivity index (χ3v) is 2.69. The minimum Gasteiger partial charge on any atom is -0.428 e. The maximum absolute atomic E-state index is 11.3. The van der Waals surface area contributed by atoms with Crippen molar-refractivity contribution >= 4 is 29.6 Å². The van der Waals surface area contributed by atoms with Gasteiger partial charge < -0.3 is 4.74 Å². The summed E-state index contributed by atoms with van der Waals surface area (Å²) in [6.07, 6.45) is -1.01. The number of rotatable bonds is 3. The fourth-order valence-corrected chi connectivity index (χ4v) is 1.61. The van der Waals surface area contributed by atoms with Crippen molar-refractivity contribution in [3.05, 3.63) is 34.9 Å². The summed E-state index contributed by atoms with van der Waals surface area (Å²) in [7, 11) is 0. The zero-order valence-electron chi connectivity index (χ0n) is 9.80. The number of amides is 2. The number of hydroxylamine groups is 2. The molecule has 0 N–H and O–H groups in total. The Kier molecular flexibility index (Phi) is 4.01. The molecule has 0 aliphatic carbocycles. The van der Waals surface area contributed by atoms with Crippen LogP contribution in [0, 0.1) is 0 Å². The molecule has 0 atom stereocenters. The molecule has 0 radical (unpaired) electrons. The van der Waals surface area contributed by atoms with Gasteiger partial charge in [0.15, 0.2) is 0 Å². The van der Waals surface area contributed by atoms with Crippen LogP contribution in [0.15, 0.2) is 24.3 Å². The lowest BCUT2D eigenvalue weighted by Crippen LogP contribution is -2.32. The number of hydrogen-bond donors (Lipinski definition) is 0. The van der Waals surface area contributed by atoms with Crippen LogP contribution in [0.3, 0.4) is 0 Å². The summed E-state index contributed by atoms with van der Waals surface area (Å²) in [5.74, 6) is -1.10. The van der Waals surface area contributed by atoms with Crippen molar-refractivity contribution in [1.82, 2.24) is 5.06 Å². The van der Waals surface area contributed by atoms with Crippen molar-refractivity contribution in [1.29, 1.82) is 0 Å². The van der Waals surface area contributed by atoms with Crippen LogP contribution < -0.4 is 0 Å². The van der Waals surface area contributed by atoms with Gasteiger partial charge in [0, 0.05) is 17.9 Å². The summed E-state index contributed by atoms with van der Waals surface area (Å²) in [5.41, 5.74) is 0.709. The Morgan fingerprint density at radius 2 is 1.74 bits per heavy atom. The number of ether oxygens (including phenoxy) is 1. The van der Waals surface area contributed by atoms with Gasteiger partial charge in [-0.1, -0.05) is 28.8 Å². The van der Waals surface area contributed by atoms with E-state index in [-0.39, 0.29) is 19.4 Å². The monoisotopic (exact) mass is 283 g/mol. The summed E-state index contributed by atoms with van der Waals surface area (Å²) in [6, 6.07) is 6.67. The first-order valence-corrected chi connectivity index (χ1v) is 5.89. The highest BCUT2D eigenvalue weighted by molar-refractivity contribution is 6.30. The number of carbonyl (C=O) groups excluding carboxylic acids is 3. The molecular weight excluding hydrogens is 274 g/mol. The van der Waals surface area contributed by atoms with Crippen LogP contribution in [0.5, 0.6) is 0 Å². The highest BCUT2D eigenvalue weighted by atomic mass is 35.5. The van der Waals surface area contributed by atoms with Gasteiger partial charge in [-0.05, 0) is 17.7 Å². The third kappa shape index (κ3) is 3.45. The summed E-state index contributed by atoms with van der Waals surface area (Å²) in [5, 5.41) is 1.00. The van der Waals surface area contributed by atoms with E-state index < -0.39 is 18.0 Å². The molecule has 1 aliphatic heterocycles. The maximum atomic E-state index is 11.3. The van der Waals surface area contributed by atoms with Crippen molar-refractivity contribution in [3.8, 4) is 0 Å². The van der Waals surface area contributed by atoms with Gasteiger partial charge in [-0.25, -0.2) is 4.79 Å². The zero-order chi connectivity index (χ0) is 13.8. The Balaban J connectivity index is 1.83. The molecule has 2 rings (SSSR count). The summed E-state index contributed by atoms with van der Waals surface area (Å²) >= 11 is 5.71. The summed E-state index contributed by atoms with van der Waals surface area (Å²) in [4.78, 5) is 38.2. The Morgan fingerprint density at radius 1 is 1.16 bits per heavy atom. The zero-order valence-corrected chi connectivity index (χ0v) is 10.6. The second kappa shape index (κ2) is 5.71. The molecule has 7 heteroatoms. The average Bonchev–Trinajstić information content (AvgIpc) is 2.70. The molecule has 0 aromatic heterocycles. The fourth-order valence-electron chi connectivity index (χ4n) is 1.48. The number of imide groups is 1. The minimum atomic E-state index is -1.10. The normalized spacial score (nSPS) is 14.7. The van der Waals surface area contributed by atoms with Gasteiger partial charge in [0.25, 0.3) is 11.8 Å². The van der Waals surface area contributed by atoms with Crippen molar-refractivity contribution in [2.75, 3.05) is 0 Å². The van der Waals surface area contributed by atoms with Gasteiger partial charge in [-0.2, -0.15) is 0 Å². The largest absolute Gasteiger partial charge is 0.534 e. The molecule has 1 aliphatic rings. The molecule has 1 fully saturated rings. The minimum absolute atomic E-state index is 0.0355. The molecule has 19 heavy (non-hydrogen) atoms. The van der Waals surface area contributed by atoms with Gasteiger partial charge in [-0.15, -0.1) is 0 Å². The van der Waals surface area contributed by atoms with E-state index in [2.05, 4.69) is 4.84 Å². The van der Waals surface area contributed by atoms with Crippen LogP contribution in [-0.4, -0.2) is 23.0 Å². The van der Waals surface area contributed by atoms with Gasteiger partial charge in [0.05, 0.1) is 0 Å². The van der Waals surface area contributed by atoms with E-state index in [0.29, 0.717) is 15.6 Å². The van der Waals surface area contributed by atoms with Crippen LogP contribution in [0.4, 0.5) is 4.79 Å². The molecule has 0 unspecified atom stereocenters. The fraction of sp³-hybridized carbons (Fsp3) is 0.250. The van der Waals surface area contributed by atoms with Crippen LogP contribution in [-0.2, 0) is 25.8 Å². The second-order valence-corrected chi connectivity index (χ2v) is 4.27. The first-order valence-electron chi connectivity index (χ1n) is 5.51. The Bertz CT molecular complexity index is 497. The van der Waals surface area contributed by atoms with Gasteiger partial charge >= 0.3 is 6.16 Å². The molecule has 0 bridgehead atoms. The highest BCUT2D eigenvalue weighted by Crippen LogP contribution is 2.14. The first kappa shape index (κ1) is 13.4. The van der Waals surface area contributed by atoms with Crippen LogP contribution in [0.1, 0.15) is 18.4 Å². The van der Waals surface area contributed by atoms with Crippen molar-refractivity contribution in [3.63, 3.8) is 0 Å². The predicted molar refractivity (Wildman–Crippen MR) is 63.8 cm³/mol. The number of halogens is 1. The third-order valence-electron chi connectivity index (χ3n) is 2.44. The van der Waals surface area contributed by atoms with E-state index in [0.717, 1.165) is 0 Å². The standard InChI is InChI=1S/C12H10ClNO5/c13-9-3-1-8(2-4-9)7-18-12(17)19-14-10(15)5-6-11(14)16/h1-4H,5-7H2. The number of nitrogens with zero attached hydrogens (tertiary/aromatic N) is 1. The van der Waals surface area contributed by atoms with E-state index >= 15 is 0 Å². The van der Waals surface area contributed by atoms with Crippen molar-refractivity contribution in [2.24, 2.45) is 0 Å². The average molecular weight is 284 g/mol. The molecule has 0 saturated carbocycles. The molecule has 1 saturated heterocycles. The van der Waals surface area contributed by atoms with Gasteiger partial charge in [0.2, 0.25) is 0 Å². The lowest BCUT2D eigenvalue weighted by atomic mass is 10.2. The maximum Gasteiger partial charge on any atom is 0.534 e. The number of carbonyl (C=O) groups is 3. The summed E-state index contributed by atoms with van der Waals surface area (Å²) < 4.78 is 4.78. The molecule has 0 spiro atoms. The Labute approximate surface area is 113 Å². The lowest BCUT2D eigenvalue weighted by molar-refractivity contribution is -0.177. The quantitative estimate of drug-likeness (QED) is 0.627.